The third-order valence-electron chi connectivity index (χ3n) is 5.05. The van der Waals surface area contributed by atoms with Crippen molar-refractivity contribution in [2.45, 2.75) is 32.7 Å². The number of carbonyl (C=O) groups excluding carboxylic acids is 1. The number of carbonyl (C=O) groups is 1. The zero-order chi connectivity index (χ0) is 16.3. The van der Waals surface area contributed by atoms with Crippen molar-refractivity contribution in [2.75, 3.05) is 0 Å². The quantitative estimate of drug-likeness (QED) is 0.843. The summed E-state index contributed by atoms with van der Waals surface area (Å²) < 4.78 is 6.05. The summed E-state index contributed by atoms with van der Waals surface area (Å²) in [5.74, 6) is 0.431. The Morgan fingerprint density at radius 2 is 1.57 bits per heavy atom. The van der Waals surface area contributed by atoms with Crippen LogP contribution in [0.5, 0.6) is 0 Å². The van der Waals surface area contributed by atoms with Gasteiger partial charge in [-0.15, -0.1) is 0 Å². The minimum absolute atomic E-state index is 0.0852. The predicted molar refractivity (Wildman–Crippen MR) is 93.8 cm³/mol. The summed E-state index contributed by atoms with van der Waals surface area (Å²) in [6, 6.07) is 20.1. The van der Waals surface area contributed by atoms with Gasteiger partial charge in [0.2, 0.25) is 0 Å². The highest BCUT2D eigenvalue weighted by Crippen LogP contribution is 2.15. The van der Waals surface area contributed by atoms with Gasteiger partial charge >= 0.3 is 12.5 Å². The first kappa shape index (κ1) is 15.8. The van der Waals surface area contributed by atoms with Crippen LogP contribution >= 0.6 is 0 Å². The second-order valence-electron chi connectivity index (χ2n) is 6.66. The molecule has 0 aromatic heterocycles. The molecule has 1 aliphatic rings. The lowest BCUT2D eigenvalue weighted by Crippen LogP contribution is -3.07. The Bertz CT molecular complexity index is 620. The van der Waals surface area contributed by atoms with Gasteiger partial charge in [0.1, 0.15) is 6.04 Å². The fourth-order valence-corrected chi connectivity index (χ4v) is 3.52. The van der Waals surface area contributed by atoms with E-state index in [4.69, 9.17) is 4.65 Å². The fourth-order valence-electron chi connectivity index (χ4n) is 3.52. The highest BCUT2D eigenvalue weighted by atomic mass is 16.5. The molecule has 1 heterocycles. The summed E-state index contributed by atoms with van der Waals surface area (Å²) in [6.07, 6.45) is 1.94. The zero-order valence-electron chi connectivity index (χ0n) is 13.8. The van der Waals surface area contributed by atoms with Gasteiger partial charge in [-0.05, 0) is 5.92 Å². The van der Waals surface area contributed by atoms with Crippen molar-refractivity contribution in [2.24, 2.45) is 5.92 Å². The van der Waals surface area contributed by atoms with Crippen LogP contribution < -0.4 is 16.2 Å². The first-order valence-electron chi connectivity index (χ1n) is 8.51. The van der Waals surface area contributed by atoms with Gasteiger partial charge in [0.25, 0.3) is 0 Å². The molecule has 2 N–H and O–H groups in total. The number of benzene rings is 2. The van der Waals surface area contributed by atoms with Gasteiger partial charge in [0, 0.05) is 6.42 Å². The van der Waals surface area contributed by atoms with Gasteiger partial charge in [0.15, 0.2) is 0 Å². The standard InChI is InChI=1S/C19H24BNO2/c1-3-15(2)14-18-19(22)23-20(21-18,16-10-6-4-7-11-16)17-12-8-5-9-13-17/h4-13,15,18H,3,14,21H2,1-2H3. The molecule has 0 aliphatic carbocycles. The van der Waals surface area contributed by atoms with Crippen molar-refractivity contribution in [1.29, 1.82) is 0 Å². The minimum atomic E-state index is -1.58. The van der Waals surface area contributed by atoms with E-state index in [-0.39, 0.29) is 12.0 Å². The first-order valence-corrected chi connectivity index (χ1v) is 8.51. The Hall–Kier alpha value is -2.07. The molecule has 0 bridgehead atoms. The molecule has 4 heteroatoms. The minimum Gasteiger partial charge on any atom is -0.628 e. The maximum absolute atomic E-state index is 12.6. The maximum atomic E-state index is 12.6. The lowest BCUT2D eigenvalue weighted by molar-refractivity contribution is -0.550. The topological polar surface area (TPSA) is 42.9 Å². The predicted octanol–water partition coefficient (Wildman–Crippen LogP) is 1.17. The molecule has 120 valence electrons. The Labute approximate surface area is 138 Å². The molecule has 0 spiro atoms. The van der Waals surface area contributed by atoms with Crippen LogP contribution in [-0.4, -0.2) is 18.5 Å². The summed E-state index contributed by atoms with van der Waals surface area (Å²) >= 11 is 0. The average molecular weight is 309 g/mol. The molecule has 2 atom stereocenters. The van der Waals surface area contributed by atoms with Gasteiger partial charge in [-0.25, -0.2) is 0 Å². The lowest BCUT2D eigenvalue weighted by Gasteiger charge is -2.31. The molecular weight excluding hydrogens is 285 g/mol. The van der Waals surface area contributed by atoms with Crippen LogP contribution in [0.1, 0.15) is 26.7 Å². The Kier molecular flexibility index (Phi) is 4.53. The second-order valence-corrected chi connectivity index (χ2v) is 6.66. The molecule has 2 aromatic carbocycles. The van der Waals surface area contributed by atoms with Crippen molar-refractivity contribution >= 4 is 23.4 Å². The first-order chi connectivity index (χ1) is 11.2. The Morgan fingerprint density at radius 3 is 2.04 bits per heavy atom. The van der Waals surface area contributed by atoms with Crippen molar-refractivity contribution in [3.05, 3.63) is 60.7 Å². The van der Waals surface area contributed by atoms with Crippen LogP contribution in [0.2, 0.25) is 0 Å². The molecular formula is C19H24BNO2. The van der Waals surface area contributed by atoms with Crippen LogP contribution in [0.25, 0.3) is 0 Å². The highest BCUT2D eigenvalue weighted by Gasteiger charge is 2.50. The third-order valence-corrected chi connectivity index (χ3v) is 5.05. The van der Waals surface area contributed by atoms with Crippen molar-refractivity contribution in [3.63, 3.8) is 0 Å². The van der Waals surface area contributed by atoms with E-state index < -0.39 is 6.48 Å². The van der Waals surface area contributed by atoms with Crippen molar-refractivity contribution in [1.82, 2.24) is 0 Å². The maximum Gasteiger partial charge on any atom is 0.441 e. The number of hydrogen-bond donors (Lipinski definition) is 1. The third kappa shape index (κ3) is 3.04. The molecule has 1 aliphatic heterocycles. The Balaban J connectivity index is 2.00. The number of nitrogens with two attached hydrogens (primary N) is 1. The van der Waals surface area contributed by atoms with E-state index >= 15 is 0 Å². The molecule has 2 aromatic rings. The summed E-state index contributed by atoms with van der Waals surface area (Å²) in [5.41, 5.74) is 2.14. The van der Waals surface area contributed by atoms with Gasteiger partial charge in [-0.2, -0.15) is 0 Å². The summed E-state index contributed by atoms with van der Waals surface area (Å²) in [5, 5.41) is 2.17. The number of hydrogen-bond acceptors (Lipinski definition) is 2. The van der Waals surface area contributed by atoms with Crippen LogP contribution in [0.3, 0.4) is 0 Å². The molecule has 1 saturated heterocycles. The number of quaternary nitrogens is 1. The van der Waals surface area contributed by atoms with E-state index in [0.29, 0.717) is 5.92 Å². The van der Waals surface area contributed by atoms with E-state index in [1.54, 1.807) is 0 Å². The van der Waals surface area contributed by atoms with E-state index in [9.17, 15) is 4.79 Å². The van der Waals surface area contributed by atoms with Gasteiger partial charge < -0.3 is 9.88 Å². The van der Waals surface area contributed by atoms with Gasteiger partial charge in [0.05, 0.1) is 0 Å². The largest absolute Gasteiger partial charge is 0.628 e. The number of rotatable bonds is 5. The summed E-state index contributed by atoms with van der Waals surface area (Å²) in [6.45, 7) is 2.78. The Morgan fingerprint density at radius 1 is 1.04 bits per heavy atom. The van der Waals surface area contributed by atoms with Crippen LogP contribution in [-0.2, 0) is 9.45 Å². The van der Waals surface area contributed by atoms with E-state index in [1.165, 1.54) is 0 Å². The molecule has 1 fully saturated rings. The van der Waals surface area contributed by atoms with E-state index in [1.807, 2.05) is 36.4 Å². The van der Waals surface area contributed by atoms with Crippen molar-refractivity contribution < 1.29 is 14.7 Å². The fraction of sp³-hybridized carbons (Fsp3) is 0.316. The summed E-state index contributed by atoms with van der Waals surface area (Å²) in [4.78, 5) is 12.6. The second kappa shape index (κ2) is 6.59. The molecule has 3 rings (SSSR count). The normalized spacial score (nSPS) is 21.0. The van der Waals surface area contributed by atoms with E-state index in [2.05, 4.69) is 43.3 Å². The zero-order valence-corrected chi connectivity index (χ0v) is 13.8. The molecule has 0 radical (unpaired) electrons. The van der Waals surface area contributed by atoms with Crippen LogP contribution in [0.15, 0.2) is 60.7 Å². The van der Waals surface area contributed by atoms with Crippen LogP contribution in [0, 0.1) is 5.92 Å². The molecule has 0 amide bonds. The SMILES string of the molecule is CCC(C)CC1[NH2+][B-](c2ccccc2)(c2ccccc2)OC1=O. The highest BCUT2D eigenvalue weighted by molar-refractivity contribution is 6.92. The average Bonchev–Trinajstić information content (AvgIpc) is 2.94. The smallest absolute Gasteiger partial charge is 0.441 e. The molecule has 3 nitrogen and oxygen atoms in total. The van der Waals surface area contributed by atoms with E-state index in [0.717, 1.165) is 23.8 Å². The molecule has 2 unspecified atom stereocenters. The monoisotopic (exact) mass is 309 g/mol. The molecule has 23 heavy (non-hydrogen) atoms. The van der Waals surface area contributed by atoms with Gasteiger partial charge in [-0.1, -0.05) is 91.9 Å². The van der Waals surface area contributed by atoms with Gasteiger partial charge in [-0.3, -0.25) is 4.79 Å². The lowest BCUT2D eigenvalue weighted by atomic mass is 9.42. The van der Waals surface area contributed by atoms with Crippen molar-refractivity contribution in [3.8, 4) is 0 Å². The molecule has 0 saturated carbocycles. The van der Waals surface area contributed by atoms with Crippen LogP contribution in [0.4, 0.5) is 0 Å². The summed E-state index contributed by atoms with van der Waals surface area (Å²) in [7, 11) is 0.